The second-order valence-corrected chi connectivity index (χ2v) is 5.52. The minimum atomic E-state index is 0.509. The average molecular weight is 262 g/mol. The largest absolute Gasteiger partial charge is 0.381 e. The number of hydrogen-bond donors (Lipinski definition) is 1. The summed E-state index contributed by atoms with van der Waals surface area (Å²) in [6.45, 7) is 4.33. The number of nitrogen functional groups attached to an aromatic ring is 1. The highest BCUT2D eigenvalue weighted by Gasteiger charge is 2.18. The first kappa shape index (κ1) is 13.0. The Kier molecular flexibility index (Phi) is 3.97. The van der Waals surface area contributed by atoms with Crippen LogP contribution in [0.3, 0.4) is 0 Å². The molecule has 0 spiro atoms. The minimum Gasteiger partial charge on any atom is -0.381 e. The van der Waals surface area contributed by atoms with E-state index in [1.807, 2.05) is 12.1 Å². The Hall–Kier alpha value is -1.42. The van der Waals surface area contributed by atoms with Crippen molar-refractivity contribution in [2.45, 2.75) is 25.2 Å². The van der Waals surface area contributed by atoms with Crippen molar-refractivity contribution in [2.75, 3.05) is 12.0 Å². The van der Waals surface area contributed by atoms with Crippen molar-refractivity contribution < 1.29 is 4.52 Å². The Morgan fingerprint density at radius 1 is 1.33 bits per heavy atom. The lowest BCUT2D eigenvalue weighted by atomic mass is 10.00. The maximum Gasteiger partial charge on any atom is 0.173 e. The number of hydrogen-bond acceptors (Lipinski definition) is 4. The van der Waals surface area contributed by atoms with Crippen LogP contribution >= 0.6 is 11.8 Å². The number of thioether (sulfide) groups is 1. The van der Waals surface area contributed by atoms with Crippen molar-refractivity contribution in [3.8, 4) is 11.3 Å². The summed E-state index contributed by atoms with van der Waals surface area (Å²) in [6, 6.07) is 8.16. The first-order valence-corrected chi connectivity index (χ1v) is 7.23. The van der Waals surface area contributed by atoms with Gasteiger partial charge in [-0.1, -0.05) is 31.1 Å². The molecule has 0 aliphatic carbocycles. The highest BCUT2D eigenvalue weighted by molar-refractivity contribution is 7.98. The SMILES string of the molecule is CSc1ccccc1-c1onc(N)c1CC(C)C. The fraction of sp³-hybridized carbons (Fsp3) is 0.357. The zero-order valence-electron chi connectivity index (χ0n) is 10.9. The van der Waals surface area contributed by atoms with Crippen LogP contribution in [0.15, 0.2) is 33.7 Å². The topological polar surface area (TPSA) is 52.0 Å². The Morgan fingerprint density at radius 2 is 2.06 bits per heavy atom. The second-order valence-electron chi connectivity index (χ2n) is 4.67. The van der Waals surface area contributed by atoms with Crippen LogP contribution in [0.5, 0.6) is 0 Å². The van der Waals surface area contributed by atoms with Gasteiger partial charge in [0.15, 0.2) is 11.6 Å². The molecular weight excluding hydrogens is 244 g/mol. The molecule has 0 aliphatic heterocycles. The molecule has 0 fully saturated rings. The molecule has 18 heavy (non-hydrogen) atoms. The van der Waals surface area contributed by atoms with E-state index >= 15 is 0 Å². The molecule has 3 nitrogen and oxygen atoms in total. The van der Waals surface area contributed by atoms with Crippen LogP contribution < -0.4 is 5.73 Å². The quantitative estimate of drug-likeness (QED) is 0.850. The summed E-state index contributed by atoms with van der Waals surface area (Å²) in [7, 11) is 0. The van der Waals surface area contributed by atoms with Crippen LogP contribution in [0.2, 0.25) is 0 Å². The second kappa shape index (κ2) is 5.48. The molecule has 2 N–H and O–H groups in total. The molecule has 0 saturated carbocycles. The molecule has 0 amide bonds. The van der Waals surface area contributed by atoms with E-state index < -0.39 is 0 Å². The molecule has 2 aromatic rings. The number of rotatable bonds is 4. The molecule has 0 saturated heterocycles. The molecule has 1 aromatic carbocycles. The molecule has 96 valence electrons. The fourth-order valence-electron chi connectivity index (χ4n) is 1.97. The van der Waals surface area contributed by atoms with Crippen molar-refractivity contribution in [1.29, 1.82) is 0 Å². The van der Waals surface area contributed by atoms with Gasteiger partial charge in [0.2, 0.25) is 0 Å². The molecule has 1 heterocycles. The van der Waals surface area contributed by atoms with Gasteiger partial charge >= 0.3 is 0 Å². The van der Waals surface area contributed by atoms with Gasteiger partial charge in [0.25, 0.3) is 0 Å². The van der Waals surface area contributed by atoms with Crippen LogP contribution in [-0.4, -0.2) is 11.4 Å². The van der Waals surface area contributed by atoms with Crippen LogP contribution in [-0.2, 0) is 6.42 Å². The predicted molar refractivity (Wildman–Crippen MR) is 76.7 cm³/mol. The number of anilines is 1. The van der Waals surface area contributed by atoms with Gasteiger partial charge in [-0.2, -0.15) is 0 Å². The summed E-state index contributed by atoms with van der Waals surface area (Å²) in [5.41, 5.74) is 8.00. The predicted octanol–water partition coefficient (Wildman–Crippen LogP) is 3.84. The van der Waals surface area contributed by atoms with E-state index in [-0.39, 0.29) is 0 Å². The maximum absolute atomic E-state index is 5.91. The summed E-state index contributed by atoms with van der Waals surface area (Å²) < 4.78 is 5.44. The zero-order chi connectivity index (χ0) is 13.1. The van der Waals surface area contributed by atoms with Crippen LogP contribution in [0.4, 0.5) is 5.82 Å². The summed E-state index contributed by atoms with van der Waals surface area (Å²) in [4.78, 5) is 1.18. The molecule has 2 rings (SSSR count). The lowest BCUT2D eigenvalue weighted by Gasteiger charge is -2.08. The van der Waals surface area contributed by atoms with Gasteiger partial charge in [0.1, 0.15) is 0 Å². The highest BCUT2D eigenvalue weighted by atomic mass is 32.2. The van der Waals surface area contributed by atoms with Gasteiger partial charge in [-0.3, -0.25) is 0 Å². The van der Waals surface area contributed by atoms with Gasteiger partial charge in [0.05, 0.1) is 0 Å². The van der Waals surface area contributed by atoms with E-state index in [1.54, 1.807) is 11.8 Å². The summed E-state index contributed by atoms with van der Waals surface area (Å²) in [5.74, 6) is 1.84. The van der Waals surface area contributed by atoms with Gasteiger partial charge in [0, 0.05) is 16.0 Å². The minimum absolute atomic E-state index is 0.509. The Balaban J connectivity index is 2.50. The monoisotopic (exact) mass is 262 g/mol. The average Bonchev–Trinajstić information content (AvgIpc) is 2.70. The fourth-order valence-corrected chi connectivity index (χ4v) is 2.57. The van der Waals surface area contributed by atoms with Crippen LogP contribution in [0, 0.1) is 5.92 Å². The maximum atomic E-state index is 5.91. The third-order valence-electron chi connectivity index (χ3n) is 2.78. The normalized spacial score (nSPS) is 11.1. The Bertz CT molecular complexity index is 534. The van der Waals surface area contributed by atoms with Gasteiger partial charge in [-0.05, 0) is 30.7 Å². The van der Waals surface area contributed by atoms with E-state index in [4.69, 9.17) is 10.3 Å². The third-order valence-corrected chi connectivity index (χ3v) is 3.58. The molecule has 0 atom stereocenters. The van der Waals surface area contributed by atoms with Gasteiger partial charge < -0.3 is 10.3 Å². The summed E-state index contributed by atoms with van der Waals surface area (Å²) in [5, 5.41) is 3.91. The Morgan fingerprint density at radius 3 is 2.72 bits per heavy atom. The lowest BCUT2D eigenvalue weighted by molar-refractivity contribution is 0.433. The molecular formula is C14H18N2OS. The molecule has 4 heteroatoms. The van der Waals surface area contributed by atoms with E-state index in [0.29, 0.717) is 11.7 Å². The van der Waals surface area contributed by atoms with Crippen molar-refractivity contribution in [2.24, 2.45) is 5.92 Å². The molecule has 0 radical (unpaired) electrons. The van der Waals surface area contributed by atoms with E-state index in [9.17, 15) is 0 Å². The molecule has 0 bridgehead atoms. The van der Waals surface area contributed by atoms with Gasteiger partial charge in [-0.15, -0.1) is 11.8 Å². The van der Waals surface area contributed by atoms with Crippen molar-refractivity contribution in [1.82, 2.24) is 5.16 Å². The summed E-state index contributed by atoms with van der Waals surface area (Å²) in [6.07, 6.45) is 2.94. The van der Waals surface area contributed by atoms with Gasteiger partial charge in [-0.25, -0.2) is 0 Å². The third kappa shape index (κ3) is 2.53. The number of aromatic nitrogens is 1. The van der Waals surface area contributed by atoms with Crippen molar-refractivity contribution in [3.05, 3.63) is 29.8 Å². The highest BCUT2D eigenvalue weighted by Crippen LogP contribution is 2.35. The standard InChI is InChI=1S/C14H18N2OS/c1-9(2)8-11-13(17-16-14(11)15)10-6-4-5-7-12(10)18-3/h4-7,9H,8H2,1-3H3,(H2,15,16). The number of nitrogens with zero attached hydrogens (tertiary/aromatic N) is 1. The van der Waals surface area contributed by atoms with Crippen molar-refractivity contribution in [3.63, 3.8) is 0 Å². The Labute approximate surface area is 112 Å². The van der Waals surface area contributed by atoms with E-state index in [0.717, 1.165) is 23.3 Å². The number of benzene rings is 1. The van der Waals surface area contributed by atoms with Crippen LogP contribution in [0.25, 0.3) is 11.3 Å². The van der Waals surface area contributed by atoms with E-state index in [1.165, 1.54) is 4.90 Å². The van der Waals surface area contributed by atoms with Crippen LogP contribution in [0.1, 0.15) is 19.4 Å². The smallest absolute Gasteiger partial charge is 0.173 e. The zero-order valence-corrected chi connectivity index (χ0v) is 11.8. The molecule has 0 aliphatic rings. The van der Waals surface area contributed by atoms with E-state index in [2.05, 4.69) is 37.4 Å². The van der Waals surface area contributed by atoms with Crippen molar-refractivity contribution >= 4 is 17.6 Å². The molecule has 1 aromatic heterocycles. The lowest BCUT2D eigenvalue weighted by Crippen LogP contribution is -1.99. The first-order valence-electron chi connectivity index (χ1n) is 6.01. The molecule has 0 unspecified atom stereocenters. The first-order chi connectivity index (χ1) is 8.63. The summed E-state index contributed by atoms with van der Waals surface area (Å²) >= 11 is 1.70. The number of nitrogens with two attached hydrogens (primary N) is 1.